The van der Waals surface area contributed by atoms with Crippen molar-refractivity contribution in [2.45, 2.75) is 59.7 Å². The monoisotopic (exact) mass is 461 g/mol. The van der Waals surface area contributed by atoms with Crippen molar-refractivity contribution in [2.75, 3.05) is 7.11 Å². The SMILES string of the molecule is CCC/C=C(\C(=O)OC)c1cccc(C)c1CO/N=C(\C)c1cc(CC)cc(C(F)(F)F)c1. The van der Waals surface area contributed by atoms with E-state index in [-0.39, 0.29) is 6.61 Å². The van der Waals surface area contributed by atoms with Gasteiger partial charge < -0.3 is 9.57 Å². The summed E-state index contributed by atoms with van der Waals surface area (Å²) in [6.07, 6.45) is -0.540. The van der Waals surface area contributed by atoms with Gasteiger partial charge in [-0.3, -0.25) is 0 Å². The molecule has 178 valence electrons. The van der Waals surface area contributed by atoms with Gasteiger partial charge in [0.15, 0.2) is 0 Å². The molecular formula is C26H30F3NO3. The molecule has 0 saturated carbocycles. The number of esters is 1. The van der Waals surface area contributed by atoms with Crippen LogP contribution in [-0.2, 0) is 33.6 Å². The summed E-state index contributed by atoms with van der Waals surface area (Å²) in [5.41, 5.74) is 3.35. The van der Waals surface area contributed by atoms with E-state index in [1.54, 1.807) is 19.9 Å². The minimum absolute atomic E-state index is 0.0550. The van der Waals surface area contributed by atoms with E-state index < -0.39 is 17.7 Å². The van der Waals surface area contributed by atoms with E-state index in [1.807, 2.05) is 38.1 Å². The molecule has 2 aromatic rings. The summed E-state index contributed by atoms with van der Waals surface area (Å²) in [7, 11) is 1.33. The van der Waals surface area contributed by atoms with E-state index in [0.29, 0.717) is 40.8 Å². The molecule has 0 saturated heterocycles. The summed E-state index contributed by atoms with van der Waals surface area (Å²) in [6, 6.07) is 9.46. The highest BCUT2D eigenvalue weighted by Crippen LogP contribution is 2.31. The zero-order chi connectivity index (χ0) is 24.6. The van der Waals surface area contributed by atoms with Gasteiger partial charge in [-0.25, -0.2) is 4.79 Å². The second-order valence-electron chi connectivity index (χ2n) is 7.72. The predicted molar refractivity (Wildman–Crippen MR) is 124 cm³/mol. The lowest BCUT2D eigenvalue weighted by atomic mass is 9.95. The number of methoxy groups -OCH3 is 1. The molecule has 0 bridgehead atoms. The van der Waals surface area contributed by atoms with E-state index in [0.717, 1.165) is 29.7 Å². The minimum atomic E-state index is -4.44. The highest BCUT2D eigenvalue weighted by Gasteiger charge is 2.31. The standard InChI is InChI=1S/C26H30F3NO3/c1-6-8-11-23(25(31)32-5)22-12-9-10-17(3)24(22)16-33-30-18(4)20-13-19(7-2)14-21(15-20)26(27,28)29/h9-15H,6-8,16H2,1-5H3/b23-11-,30-18+. The smallest absolute Gasteiger partial charge is 0.416 e. The normalized spacial score (nSPS) is 12.6. The van der Waals surface area contributed by atoms with Gasteiger partial charge in [0.2, 0.25) is 0 Å². The second-order valence-corrected chi connectivity index (χ2v) is 7.72. The van der Waals surface area contributed by atoms with Gasteiger partial charge in [0.1, 0.15) is 6.61 Å². The number of unbranched alkanes of at least 4 members (excludes halogenated alkanes) is 1. The molecule has 0 heterocycles. The first-order valence-corrected chi connectivity index (χ1v) is 10.9. The maximum Gasteiger partial charge on any atom is 0.416 e. The molecule has 0 N–H and O–H groups in total. The zero-order valence-corrected chi connectivity index (χ0v) is 19.7. The third-order valence-electron chi connectivity index (χ3n) is 5.30. The Bertz CT molecular complexity index is 1040. The number of halogens is 3. The first-order chi connectivity index (χ1) is 15.6. The fourth-order valence-corrected chi connectivity index (χ4v) is 3.36. The number of hydrogen-bond donors (Lipinski definition) is 0. The van der Waals surface area contributed by atoms with Gasteiger partial charge in [-0.2, -0.15) is 13.2 Å². The van der Waals surface area contributed by atoms with Crippen molar-refractivity contribution in [2.24, 2.45) is 5.16 Å². The number of carbonyl (C=O) groups is 1. The van der Waals surface area contributed by atoms with Crippen molar-refractivity contribution >= 4 is 17.3 Å². The number of ether oxygens (including phenoxy) is 1. The molecule has 0 amide bonds. The van der Waals surface area contributed by atoms with Crippen molar-refractivity contribution in [1.82, 2.24) is 0 Å². The summed E-state index contributed by atoms with van der Waals surface area (Å²) >= 11 is 0. The van der Waals surface area contributed by atoms with Gasteiger partial charge in [-0.1, -0.05) is 49.7 Å². The molecule has 0 unspecified atom stereocenters. The number of nitrogens with zero attached hydrogens (tertiary/aromatic N) is 1. The summed E-state index contributed by atoms with van der Waals surface area (Å²) in [4.78, 5) is 17.9. The van der Waals surface area contributed by atoms with Gasteiger partial charge in [0.25, 0.3) is 0 Å². The second kappa shape index (κ2) is 11.7. The zero-order valence-electron chi connectivity index (χ0n) is 19.7. The molecule has 33 heavy (non-hydrogen) atoms. The molecule has 0 atom stereocenters. The highest BCUT2D eigenvalue weighted by molar-refractivity contribution is 6.16. The fourth-order valence-electron chi connectivity index (χ4n) is 3.36. The van der Waals surface area contributed by atoms with E-state index in [9.17, 15) is 18.0 Å². The number of carbonyl (C=O) groups excluding carboxylic acids is 1. The van der Waals surface area contributed by atoms with Crippen LogP contribution < -0.4 is 0 Å². The Kier molecular flexibility index (Phi) is 9.26. The van der Waals surface area contributed by atoms with Crippen molar-refractivity contribution in [3.8, 4) is 0 Å². The number of hydrogen-bond acceptors (Lipinski definition) is 4. The molecular weight excluding hydrogens is 431 g/mol. The van der Waals surface area contributed by atoms with Crippen LogP contribution >= 0.6 is 0 Å². The lowest BCUT2D eigenvalue weighted by molar-refractivity contribution is -0.137. The third kappa shape index (κ3) is 6.94. The largest absolute Gasteiger partial charge is 0.465 e. The van der Waals surface area contributed by atoms with Gasteiger partial charge in [0, 0.05) is 5.56 Å². The van der Waals surface area contributed by atoms with Crippen LogP contribution in [-0.4, -0.2) is 18.8 Å². The Hall–Kier alpha value is -3.09. The minimum Gasteiger partial charge on any atom is -0.465 e. The molecule has 7 heteroatoms. The van der Waals surface area contributed by atoms with Crippen LogP contribution in [0.2, 0.25) is 0 Å². The van der Waals surface area contributed by atoms with E-state index in [2.05, 4.69) is 5.16 Å². The van der Waals surface area contributed by atoms with Gasteiger partial charge in [0.05, 0.1) is 24.0 Å². The van der Waals surface area contributed by atoms with Crippen LogP contribution in [0.4, 0.5) is 13.2 Å². The first-order valence-electron chi connectivity index (χ1n) is 10.9. The van der Waals surface area contributed by atoms with Crippen LogP contribution in [0.3, 0.4) is 0 Å². The average molecular weight is 462 g/mol. The third-order valence-corrected chi connectivity index (χ3v) is 5.30. The quantitative estimate of drug-likeness (QED) is 0.177. The molecule has 4 nitrogen and oxygen atoms in total. The predicted octanol–water partition coefficient (Wildman–Crippen LogP) is 6.87. The molecule has 0 fully saturated rings. The van der Waals surface area contributed by atoms with Crippen molar-refractivity contribution in [3.05, 3.63) is 75.9 Å². The van der Waals surface area contributed by atoms with Crippen molar-refractivity contribution < 1.29 is 27.5 Å². The Balaban J connectivity index is 2.35. The topological polar surface area (TPSA) is 47.9 Å². The maximum absolute atomic E-state index is 13.3. The van der Waals surface area contributed by atoms with Crippen LogP contribution in [0.5, 0.6) is 0 Å². The number of aryl methyl sites for hydroxylation is 2. The molecule has 2 rings (SSSR count). The number of rotatable bonds is 9. The summed E-state index contributed by atoms with van der Waals surface area (Å²) in [6.45, 7) is 7.37. The lowest BCUT2D eigenvalue weighted by Gasteiger charge is -2.14. The van der Waals surface area contributed by atoms with Gasteiger partial charge in [-0.15, -0.1) is 0 Å². The summed E-state index contributed by atoms with van der Waals surface area (Å²) in [5.74, 6) is -0.439. The van der Waals surface area contributed by atoms with Crippen LogP contribution in [0.15, 0.2) is 47.6 Å². The average Bonchev–Trinajstić information content (AvgIpc) is 2.79. The first kappa shape index (κ1) is 26.2. The van der Waals surface area contributed by atoms with E-state index >= 15 is 0 Å². The fraction of sp³-hybridized carbons (Fsp3) is 0.385. The molecule has 2 aromatic carbocycles. The molecule has 0 aliphatic rings. The van der Waals surface area contributed by atoms with E-state index in [4.69, 9.17) is 9.57 Å². The Morgan fingerprint density at radius 1 is 1.15 bits per heavy atom. The van der Waals surface area contributed by atoms with E-state index in [1.165, 1.54) is 7.11 Å². The molecule has 0 radical (unpaired) electrons. The van der Waals surface area contributed by atoms with Crippen molar-refractivity contribution in [3.63, 3.8) is 0 Å². The van der Waals surface area contributed by atoms with Crippen molar-refractivity contribution in [1.29, 1.82) is 0 Å². The van der Waals surface area contributed by atoms with Gasteiger partial charge in [-0.05, 0) is 67.1 Å². The Labute approximate surface area is 193 Å². The summed E-state index contributed by atoms with van der Waals surface area (Å²) in [5, 5.41) is 4.07. The molecule has 0 aliphatic heterocycles. The van der Waals surface area contributed by atoms with Crippen LogP contribution in [0, 0.1) is 6.92 Å². The maximum atomic E-state index is 13.3. The number of alkyl halides is 3. The highest BCUT2D eigenvalue weighted by atomic mass is 19.4. The number of oxime groups is 1. The Morgan fingerprint density at radius 3 is 2.48 bits per heavy atom. The van der Waals surface area contributed by atoms with Gasteiger partial charge >= 0.3 is 12.1 Å². The Morgan fingerprint density at radius 2 is 1.88 bits per heavy atom. The molecule has 0 aliphatic carbocycles. The number of benzene rings is 2. The number of allylic oxidation sites excluding steroid dienone is 1. The van der Waals surface area contributed by atoms with Crippen LogP contribution in [0.25, 0.3) is 5.57 Å². The lowest BCUT2D eigenvalue weighted by Crippen LogP contribution is -2.09. The molecule has 0 aromatic heterocycles. The summed E-state index contributed by atoms with van der Waals surface area (Å²) < 4.78 is 44.7. The van der Waals surface area contributed by atoms with Crippen LogP contribution in [0.1, 0.15) is 67.0 Å². The molecule has 0 spiro atoms.